The van der Waals surface area contributed by atoms with E-state index in [0.29, 0.717) is 16.8 Å². The average molecular weight is 362 g/mol. The Hall–Kier alpha value is -0.0200. The van der Waals surface area contributed by atoms with Gasteiger partial charge >= 0.3 is 0 Å². The molecule has 2 unspecified atom stereocenters. The molecular weight excluding hydrogens is 344 g/mol. The summed E-state index contributed by atoms with van der Waals surface area (Å²) in [6.07, 6.45) is 1.29. The summed E-state index contributed by atoms with van der Waals surface area (Å²) in [5.74, 6) is 1.66. The van der Waals surface area contributed by atoms with Crippen LogP contribution in [0.25, 0.3) is 0 Å². The molecule has 2 atom stereocenters. The highest BCUT2D eigenvalue weighted by molar-refractivity contribution is 9.11. The van der Waals surface area contributed by atoms with Gasteiger partial charge < -0.3 is 4.74 Å². The summed E-state index contributed by atoms with van der Waals surface area (Å²) in [6.45, 7) is 7.36. The van der Waals surface area contributed by atoms with Crippen LogP contribution in [-0.2, 0) is 0 Å². The number of alkyl halides is 1. The van der Waals surface area contributed by atoms with E-state index in [2.05, 4.69) is 57.8 Å². The molecule has 0 spiro atoms. The van der Waals surface area contributed by atoms with Crippen LogP contribution in [0.2, 0.25) is 0 Å². The highest BCUT2D eigenvalue weighted by Gasteiger charge is 2.49. The molecule has 0 saturated heterocycles. The lowest BCUT2D eigenvalue weighted by molar-refractivity contribution is 0.340. The molecule has 2 rings (SSSR count). The molecule has 1 saturated carbocycles. The summed E-state index contributed by atoms with van der Waals surface area (Å²) in [5, 5.41) is 0. The van der Waals surface area contributed by atoms with Gasteiger partial charge in [-0.3, -0.25) is 0 Å². The fourth-order valence-corrected chi connectivity index (χ4v) is 4.43. The van der Waals surface area contributed by atoms with Crippen molar-refractivity contribution in [3.05, 3.63) is 28.2 Å². The van der Waals surface area contributed by atoms with Gasteiger partial charge in [0.25, 0.3) is 0 Å². The van der Waals surface area contributed by atoms with Crippen molar-refractivity contribution in [1.82, 2.24) is 0 Å². The molecule has 94 valence electrons. The van der Waals surface area contributed by atoms with E-state index in [1.165, 1.54) is 12.0 Å². The zero-order chi connectivity index (χ0) is 12.6. The van der Waals surface area contributed by atoms with Gasteiger partial charge in [-0.1, -0.05) is 51.8 Å². The largest absolute Gasteiger partial charge is 0.494 e. The predicted octanol–water partition coefficient (Wildman–Crippen LogP) is 5.33. The van der Waals surface area contributed by atoms with Crippen LogP contribution in [0.15, 0.2) is 22.7 Å². The van der Waals surface area contributed by atoms with Gasteiger partial charge in [-0.05, 0) is 42.4 Å². The summed E-state index contributed by atoms with van der Waals surface area (Å²) in [7, 11) is 0. The maximum Gasteiger partial charge on any atom is 0.120 e. The van der Waals surface area contributed by atoms with Crippen LogP contribution in [0.1, 0.15) is 37.6 Å². The van der Waals surface area contributed by atoms with E-state index in [0.717, 1.165) is 16.1 Å². The monoisotopic (exact) mass is 360 g/mol. The van der Waals surface area contributed by atoms with Gasteiger partial charge in [0, 0.05) is 9.30 Å². The third-order valence-corrected chi connectivity index (χ3v) is 5.34. The third-order valence-electron chi connectivity index (χ3n) is 3.52. The fourth-order valence-electron chi connectivity index (χ4n) is 2.21. The zero-order valence-electron chi connectivity index (χ0n) is 10.5. The van der Waals surface area contributed by atoms with Crippen molar-refractivity contribution >= 4 is 31.9 Å². The lowest BCUT2D eigenvalue weighted by Gasteiger charge is -2.15. The van der Waals surface area contributed by atoms with E-state index in [4.69, 9.17) is 4.74 Å². The minimum absolute atomic E-state index is 0.433. The van der Waals surface area contributed by atoms with Crippen LogP contribution in [-0.4, -0.2) is 6.61 Å². The van der Waals surface area contributed by atoms with Gasteiger partial charge in [0.1, 0.15) is 5.75 Å². The van der Waals surface area contributed by atoms with E-state index < -0.39 is 0 Å². The Bertz CT molecular complexity index is 415. The van der Waals surface area contributed by atoms with E-state index in [-0.39, 0.29) is 0 Å². The predicted molar refractivity (Wildman–Crippen MR) is 78.9 cm³/mol. The van der Waals surface area contributed by atoms with Gasteiger partial charge in [-0.2, -0.15) is 0 Å². The van der Waals surface area contributed by atoms with Crippen LogP contribution in [0.5, 0.6) is 5.75 Å². The van der Waals surface area contributed by atoms with Crippen molar-refractivity contribution in [2.24, 2.45) is 11.3 Å². The molecule has 17 heavy (non-hydrogen) atoms. The van der Waals surface area contributed by atoms with Crippen LogP contribution < -0.4 is 4.74 Å². The fraction of sp³-hybridized carbons (Fsp3) is 0.571. The Morgan fingerprint density at radius 3 is 2.59 bits per heavy atom. The Balaban J connectivity index is 2.16. The summed E-state index contributed by atoms with van der Waals surface area (Å²) in [5.41, 5.74) is 1.80. The normalized spacial score (nSPS) is 23.2. The molecule has 0 N–H and O–H groups in total. The molecule has 1 aromatic carbocycles. The van der Waals surface area contributed by atoms with Crippen molar-refractivity contribution in [2.45, 2.75) is 32.0 Å². The van der Waals surface area contributed by atoms with Gasteiger partial charge in [0.05, 0.1) is 6.61 Å². The van der Waals surface area contributed by atoms with Crippen molar-refractivity contribution < 1.29 is 4.74 Å². The second-order valence-corrected chi connectivity index (χ2v) is 7.16. The Labute approximate surface area is 120 Å². The molecule has 1 aromatic rings. The summed E-state index contributed by atoms with van der Waals surface area (Å²) < 4.78 is 6.63. The molecule has 1 aliphatic rings. The zero-order valence-corrected chi connectivity index (χ0v) is 13.6. The highest BCUT2D eigenvalue weighted by Crippen LogP contribution is 2.61. The number of hydrogen-bond donors (Lipinski definition) is 0. The van der Waals surface area contributed by atoms with Crippen LogP contribution in [0.3, 0.4) is 0 Å². The first-order valence-electron chi connectivity index (χ1n) is 6.02. The molecule has 0 aliphatic heterocycles. The SMILES string of the molecule is CCOc1ccc(C(Br)C2CC2(C)C)c(Br)c1. The number of rotatable bonds is 4. The number of benzene rings is 1. The molecule has 1 aliphatic carbocycles. The number of ether oxygens (including phenoxy) is 1. The van der Waals surface area contributed by atoms with Crippen molar-refractivity contribution in [3.8, 4) is 5.75 Å². The van der Waals surface area contributed by atoms with Gasteiger partial charge in [-0.25, -0.2) is 0 Å². The Morgan fingerprint density at radius 2 is 2.12 bits per heavy atom. The molecule has 3 heteroatoms. The number of hydrogen-bond acceptors (Lipinski definition) is 1. The summed E-state index contributed by atoms with van der Waals surface area (Å²) in [4.78, 5) is 0.433. The first kappa shape index (κ1) is 13.4. The first-order chi connectivity index (χ1) is 7.95. The van der Waals surface area contributed by atoms with Gasteiger partial charge in [0.15, 0.2) is 0 Å². The maximum atomic E-state index is 5.49. The van der Waals surface area contributed by atoms with Crippen LogP contribution >= 0.6 is 31.9 Å². The third kappa shape index (κ3) is 2.87. The van der Waals surface area contributed by atoms with Crippen molar-refractivity contribution in [2.75, 3.05) is 6.61 Å². The van der Waals surface area contributed by atoms with Crippen molar-refractivity contribution in [3.63, 3.8) is 0 Å². The maximum absolute atomic E-state index is 5.49. The first-order valence-corrected chi connectivity index (χ1v) is 7.73. The van der Waals surface area contributed by atoms with E-state index in [9.17, 15) is 0 Å². The van der Waals surface area contributed by atoms with Crippen LogP contribution in [0.4, 0.5) is 0 Å². The smallest absolute Gasteiger partial charge is 0.120 e. The topological polar surface area (TPSA) is 9.23 Å². The van der Waals surface area contributed by atoms with E-state index in [1.54, 1.807) is 0 Å². The summed E-state index contributed by atoms with van der Waals surface area (Å²) >= 11 is 7.47. The molecule has 1 nitrogen and oxygen atoms in total. The van der Waals surface area contributed by atoms with Crippen LogP contribution in [0, 0.1) is 11.3 Å². The quantitative estimate of drug-likeness (QED) is 0.658. The van der Waals surface area contributed by atoms with Gasteiger partial charge in [0.2, 0.25) is 0 Å². The van der Waals surface area contributed by atoms with Gasteiger partial charge in [-0.15, -0.1) is 0 Å². The second kappa shape index (κ2) is 4.93. The Kier molecular flexibility index (Phi) is 3.89. The van der Waals surface area contributed by atoms with E-state index >= 15 is 0 Å². The molecule has 1 fully saturated rings. The molecule has 0 bridgehead atoms. The minimum Gasteiger partial charge on any atom is -0.494 e. The lowest BCUT2D eigenvalue weighted by atomic mass is 10.0. The molecular formula is C14H18Br2O. The number of halogens is 2. The lowest BCUT2D eigenvalue weighted by Crippen LogP contribution is -2.00. The van der Waals surface area contributed by atoms with E-state index in [1.807, 2.05) is 13.0 Å². The molecule has 0 heterocycles. The molecule has 0 aromatic heterocycles. The second-order valence-electron chi connectivity index (χ2n) is 5.32. The average Bonchev–Trinajstić information content (AvgIpc) is 2.88. The van der Waals surface area contributed by atoms with Crippen molar-refractivity contribution in [1.29, 1.82) is 0 Å². The summed E-state index contributed by atoms with van der Waals surface area (Å²) in [6, 6.07) is 6.26. The highest BCUT2D eigenvalue weighted by atomic mass is 79.9. The standard InChI is InChI=1S/C14H18Br2O/c1-4-17-9-5-6-10(12(15)7-9)13(16)11-8-14(11,2)3/h5-7,11,13H,4,8H2,1-3H3. The minimum atomic E-state index is 0.433. The molecule has 0 amide bonds. The Morgan fingerprint density at radius 1 is 1.47 bits per heavy atom. The molecule has 0 radical (unpaired) electrons.